The molecule has 2 N–H and O–H groups in total. The number of aliphatic hydroxyl groups is 1. The van der Waals surface area contributed by atoms with Gasteiger partial charge in [0.05, 0.1) is 30.2 Å². The highest BCUT2D eigenvalue weighted by Crippen LogP contribution is 2.33. The summed E-state index contributed by atoms with van der Waals surface area (Å²) in [7, 11) is 0. The molecule has 0 bridgehead atoms. The Balaban J connectivity index is 1.34. The summed E-state index contributed by atoms with van der Waals surface area (Å²) in [5, 5.41) is 28.9. The lowest BCUT2D eigenvalue weighted by atomic mass is 9.92. The van der Waals surface area contributed by atoms with E-state index in [0.29, 0.717) is 28.9 Å². The van der Waals surface area contributed by atoms with E-state index < -0.39 is 5.60 Å². The van der Waals surface area contributed by atoms with Crippen LogP contribution in [0.4, 0.5) is 4.39 Å². The minimum Gasteiger partial charge on any atom is -0.388 e. The predicted molar refractivity (Wildman–Crippen MR) is 169 cm³/mol. The second-order valence-electron chi connectivity index (χ2n) is 12.6. The van der Waals surface area contributed by atoms with Crippen LogP contribution in [0.5, 0.6) is 0 Å². The number of hydrogen-bond donors (Lipinski definition) is 2. The number of ether oxygens (including phenoxy) is 1. The zero-order valence-corrected chi connectivity index (χ0v) is 26.0. The van der Waals surface area contributed by atoms with Crippen LogP contribution in [-0.2, 0) is 17.6 Å². The van der Waals surface area contributed by atoms with Crippen LogP contribution in [0, 0.1) is 5.82 Å². The molecule has 0 atom stereocenters. The Morgan fingerprint density at radius 1 is 1.09 bits per heavy atom. The Hall–Kier alpha value is -4.22. The lowest BCUT2D eigenvalue weighted by Crippen LogP contribution is -2.36. The van der Waals surface area contributed by atoms with Crippen molar-refractivity contribution in [1.82, 2.24) is 34.8 Å². The Bertz CT molecular complexity index is 1820. The number of nitrogens with zero attached hydrogens (tertiary/aromatic N) is 6. The molecule has 45 heavy (non-hydrogen) atoms. The number of aromatic amines is 1. The Kier molecular flexibility index (Phi) is 8.91. The number of aromatic nitrogens is 7. The van der Waals surface area contributed by atoms with Gasteiger partial charge in [0.1, 0.15) is 11.5 Å². The average Bonchev–Trinajstić information content (AvgIpc) is 3.74. The maximum atomic E-state index is 15.9. The summed E-state index contributed by atoms with van der Waals surface area (Å²) in [5.74, 6) is 0.122. The van der Waals surface area contributed by atoms with Crippen LogP contribution >= 0.6 is 0 Å². The number of fused-ring (bicyclic) bond motifs is 1. The predicted octanol–water partition coefficient (Wildman–Crippen LogP) is 5.69. The summed E-state index contributed by atoms with van der Waals surface area (Å²) < 4.78 is 25.6. The summed E-state index contributed by atoms with van der Waals surface area (Å²) in [6.45, 7) is 5.87. The van der Waals surface area contributed by atoms with Crippen molar-refractivity contribution in [2.24, 2.45) is 0 Å². The fourth-order valence-electron chi connectivity index (χ4n) is 6.37. The number of aryl methyl sites for hydroxylation is 1. The molecule has 0 radical (unpaired) electrons. The van der Waals surface area contributed by atoms with E-state index in [1.165, 1.54) is 6.07 Å². The van der Waals surface area contributed by atoms with Gasteiger partial charge >= 0.3 is 0 Å². The van der Waals surface area contributed by atoms with E-state index in [1.54, 1.807) is 26.1 Å². The molecule has 0 amide bonds. The molecule has 3 aromatic heterocycles. The van der Waals surface area contributed by atoms with Gasteiger partial charge in [0, 0.05) is 29.7 Å². The molecule has 236 valence electrons. The van der Waals surface area contributed by atoms with Gasteiger partial charge in [0.15, 0.2) is 5.82 Å². The van der Waals surface area contributed by atoms with Crippen LogP contribution in [0.2, 0.25) is 0 Å². The molecule has 2 aromatic carbocycles. The first kappa shape index (κ1) is 30.8. The van der Waals surface area contributed by atoms with Crippen molar-refractivity contribution in [3.05, 3.63) is 87.7 Å². The number of tetrazole rings is 1. The topological polar surface area (TPSA) is 123 Å². The minimum absolute atomic E-state index is 0.0213. The zero-order valence-electron chi connectivity index (χ0n) is 26.0. The quantitative estimate of drug-likeness (QED) is 0.196. The number of H-pyrrole nitrogens is 1. The van der Waals surface area contributed by atoms with Crippen molar-refractivity contribution < 1.29 is 14.2 Å². The van der Waals surface area contributed by atoms with Gasteiger partial charge in [-0.1, -0.05) is 49.7 Å². The summed E-state index contributed by atoms with van der Waals surface area (Å²) in [6, 6.07) is 14.6. The van der Waals surface area contributed by atoms with Crippen LogP contribution in [-0.4, -0.2) is 58.2 Å². The molecule has 1 aliphatic carbocycles. The number of rotatable bonds is 11. The molecule has 1 aliphatic rings. The van der Waals surface area contributed by atoms with Gasteiger partial charge in [-0.15, -0.1) is 5.10 Å². The Morgan fingerprint density at radius 2 is 1.87 bits per heavy atom. The van der Waals surface area contributed by atoms with Gasteiger partial charge in [-0.25, -0.2) is 14.0 Å². The van der Waals surface area contributed by atoms with Gasteiger partial charge in [-0.2, -0.15) is 5.10 Å². The monoisotopic (exact) mass is 613 g/mol. The molecule has 1 fully saturated rings. The fourth-order valence-corrected chi connectivity index (χ4v) is 6.37. The summed E-state index contributed by atoms with van der Waals surface area (Å²) in [6.07, 6.45) is 7.61. The molecule has 0 unspecified atom stereocenters. The number of benzene rings is 2. The average molecular weight is 614 g/mol. The van der Waals surface area contributed by atoms with Crippen molar-refractivity contribution in [2.75, 3.05) is 6.61 Å². The maximum Gasteiger partial charge on any atom is 0.257 e. The number of unbranched alkanes of at least 4 members (excludes halogenated alkanes) is 1. The first-order valence-electron chi connectivity index (χ1n) is 15.8. The van der Waals surface area contributed by atoms with Gasteiger partial charge < -0.3 is 9.84 Å². The standard InChI is InChI=1S/C34H40FN7O3/c1-4-5-10-30-28(19-23-12-11-22(20-29(23)35)26-8-6-7-9-27(26)32-37-39-40-38-32)33(43)41(31-17-18-36-42(30)31)24-13-15-25(16-14-24)45-21-34(2,3)44/h6-9,11-12,17-18,20,24-25,44H,4-5,10,13-16,19,21H2,1-3H3,(H,37,38,39,40)/t24-,25-. The smallest absolute Gasteiger partial charge is 0.257 e. The highest BCUT2D eigenvalue weighted by molar-refractivity contribution is 5.80. The third-order valence-corrected chi connectivity index (χ3v) is 8.66. The van der Waals surface area contributed by atoms with E-state index >= 15 is 4.39 Å². The molecule has 11 heteroatoms. The molecule has 0 saturated heterocycles. The van der Waals surface area contributed by atoms with Crippen LogP contribution < -0.4 is 5.56 Å². The molecule has 0 aliphatic heterocycles. The fraction of sp³-hybridized carbons (Fsp3) is 0.441. The normalized spacial score (nSPS) is 17.3. The van der Waals surface area contributed by atoms with Crippen molar-refractivity contribution in [1.29, 1.82) is 0 Å². The third kappa shape index (κ3) is 6.60. The molecular weight excluding hydrogens is 573 g/mol. The van der Waals surface area contributed by atoms with Crippen LogP contribution in [0.25, 0.3) is 28.2 Å². The number of hydrogen-bond acceptors (Lipinski definition) is 7. The van der Waals surface area contributed by atoms with E-state index in [9.17, 15) is 9.90 Å². The molecular formula is C34H40FN7O3. The van der Waals surface area contributed by atoms with Crippen molar-refractivity contribution in [2.45, 2.75) is 89.9 Å². The van der Waals surface area contributed by atoms with Crippen molar-refractivity contribution in [3.8, 4) is 22.5 Å². The Morgan fingerprint density at radius 3 is 2.56 bits per heavy atom. The second-order valence-corrected chi connectivity index (χ2v) is 12.6. The molecule has 5 aromatic rings. The highest BCUT2D eigenvalue weighted by Gasteiger charge is 2.29. The third-order valence-electron chi connectivity index (χ3n) is 8.66. The van der Waals surface area contributed by atoms with Gasteiger partial charge in [-0.05, 0) is 85.6 Å². The van der Waals surface area contributed by atoms with Crippen LogP contribution in [0.1, 0.15) is 82.2 Å². The summed E-state index contributed by atoms with van der Waals surface area (Å²) >= 11 is 0. The van der Waals surface area contributed by atoms with Crippen LogP contribution in [0.3, 0.4) is 0 Å². The lowest BCUT2D eigenvalue weighted by Gasteiger charge is -2.32. The van der Waals surface area contributed by atoms with Gasteiger partial charge in [0.2, 0.25) is 0 Å². The number of halogens is 1. The van der Waals surface area contributed by atoms with Gasteiger partial charge in [-0.3, -0.25) is 9.36 Å². The van der Waals surface area contributed by atoms with E-state index in [4.69, 9.17) is 4.74 Å². The van der Waals surface area contributed by atoms with E-state index in [2.05, 4.69) is 32.6 Å². The minimum atomic E-state index is -0.883. The van der Waals surface area contributed by atoms with E-state index in [1.807, 2.05) is 45.5 Å². The first-order chi connectivity index (χ1) is 21.7. The largest absolute Gasteiger partial charge is 0.388 e. The summed E-state index contributed by atoms with van der Waals surface area (Å²) in [5.41, 5.74) is 3.94. The van der Waals surface area contributed by atoms with Gasteiger partial charge in [0.25, 0.3) is 5.56 Å². The molecule has 10 nitrogen and oxygen atoms in total. The SMILES string of the molecule is CCCCc1c(Cc2ccc(-c3ccccc3-c3nnn[nH]3)cc2F)c(=O)n([C@H]2CC[C@H](OCC(C)(C)O)CC2)c2ccnn12. The molecule has 3 heterocycles. The molecule has 6 rings (SSSR count). The Labute approximate surface area is 261 Å². The zero-order chi connectivity index (χ0) is 31.6. The molecule has 1 saturated carbocycles. The lowest BCUT2D eigenvalue weighted by molar-refractivity contribution is -0.0654. The second kappa shape index (κ2) is 13.0. The van der Waals surface area contributed by atoms with E-state index in [-0.39, 0.29) is 36.5 Å². The molecule has 0 spiro atoms. The van der Waals surface area contributed by atoms with Crippen LogP contribution in [0.15, 0.2) is 59.5 Å². The number of nitrogens with one attached hydrogen (secondary N) is 1. The van der Waals surface area contributed by atoms with E-state index in [0.717, 1.165) is 61.0 Å². The highest BCUT2D eigenvalue weighted by atomic mass is 19.1. The van der Waals surface area contributed by atoms with Crippen molar-refractivity contribution >= 4 is 5.65 Å². The van der Waals surface area contributed by atoms with Crippen molar-refractivity contribution in [3.63, 3.8) is 0 Å². The summed E-state index contributed by atoms with van der Waals surface area (Å²) in [4.78, 5) is 14.4. The first-order valence-corrected chi connectivity index (χ1v) is 15.8. The maximum absolute atomic E-state index is 15.9.